The van der Waals surface area contributed by atoms with Crippen molar-refractivity contribution in [3.8, 4) is 0 Å². The third-order valence-electron chi connectivity index (χ3n) is 3.39. The standard InChI is InChI=1S/C15H14N8S/c1-8-3-12-13(20-14(8)21-15-23-22-9(2)24-15)4-10(5-16-12)19-11-6-17-18-7-11/h3-7,19H,1-2H3,(H,17,18)(H,20,21,23). The summed E-state index contributed by atoms with van der Waals surface area (Å²) in [5.74, 6) is 0.751. The number of aromatic nitrogens is 6. The van der Waals surface area contributed by atoms with Crippen LogP contribution in [0.25, 0.3) is 11.0 Å². The van der Waals surface area contributed by atoms with Gasteiger partial charge in [0.15, 0.2) is 0 Å². The zero-order valence-electron chi connectivity index (χ0n) is 13.0. The molecule has 0 fully saturated rings. The van der Waals surface area contributed by atoms with E-state index in [9.17, 15) is 0 Å². The monoisotopic (exact) mass is 338 g/mol. The van der Waals surface area contributed by atoms with Crippen LogP contribution in [0.4, 0.5) is 22.3 Å². The Balaban J connectivity index is 1.68. The van der Waals surface area contributed by atoms with Crippen molar-refractivity contribution in [3.63, 3.8) is 0 Å². The van der Waals surface area contributed by atoms with Crippen molar-refractivity contribution < 1.29 is 0 Å². The predicted molar refractivity (Wildman–Crippen MR) is 94.1 cm³/mol. The fourth-order valence-electron chi connectivity index (χ4n) is 2.28. The van der Waals surface area contributed by atoms with Gasteiger partial charge in [0.1, 0.15) is 10.8 Å². The first-order valence-electron chi connectivity index (χ1n) is 7.28. The normalized spacial score (nSPS) is 10.9. The Hall–Kier alpha value is -3.07. The van der Waals surface area contributed by atoms with Gasteiger partial charge in [-0.2, -0.15) is 5.10 Å². The summed E-state index contributed by atoms with van der Waals surface area (Å²) in [4.78, 5) is 9.14. The van der Waals surface area contributed by atoms with Crippen molar-refractivity contribution in [3.05, 3.63) is 41.3 Å². The molecular formula is C15H14N8S. The highest BCUT2D eigenvalue weighted by Gasteiger charge is 2.08. The Bertz CT molecular complexity index is 992. The van der Waals surface area contributed by atoms with E-state index < -0.39 is 0 Å². The van der Waals surface area contributed by atoms with E-state index >= 15 is 0 Å². The van der Waals surface area contributed by atoms with E-state index in [1.54, 1.807) is 18.6 Å². The van der Waals surface area contributed by atoms with Gasteiger partial charge in [-0.25, -0.2) is 4.98 Å². The van der Waals surface area contributed by atoms with Gasteiger partial charge in [0, 0.05) is 6.20 Å². The second-order valence-electron chi connectivity index (χ2n) is 5.28. The fraction of sp³-hybridized carbons (Fsp3) is 0.133. The summed E-state index contributed by atoms with van der Waals surface area (Å²) in [6.07, 6.45) is 5.26. The maximum absolute atomic E-state index is 4.67. The van der Waals surface area contributed by atoms with E-state index in [0.717, 1.165) is 43.9 Å². The van der Waals surface area contributed by atoms with E-state index in [0.29, 0.717) is 0 Å². The number of nitrogens with one attached hydrogen (secondary N) is 3. The molecule has 9 heteroatoms. The van der Waals surface area contributed by atoms with Crippen LogP contribution in [-0.4, -0.2) is 30.4 Å². The highest BCUT2D eigenvalue weighted by atomic mass is 32.1. The second kappa shape index (κ2) is 5.85. The molecule has 0 bridgehead atoms. The minimum absolute atomic E-state index is 0.725. The molecule has 4 heterocycles. The highest BCUT2D eigenvalue weighted by Crippen LogP contribution is 2.25. The van der Waals surface area contributed by atoms with Crippen LogP contribution in [-0.2, 0) is 0 Å². The third kappa shape index (κ3) is 2.88. The van der Waals surface area contributed by atoms with Crippen molar-refractivity contribution in [1.29, 1.82) is 0 Å². The van der Waals surface area contributed by atoms with Gasteiger partial charge < -0.3 is 10.6 Å². The Labute approximate surface area is 141 Å². The molecule has 8 nitrogen and oxygen atoms in total. The lowest BCUT2D eigenvalue weighted by Crippen LogP contribution is -1.98. The molecule has 0 atom stereocenters. The van der Waals surface area contributed by atoms with Crippen LogP contribution >= 0.6 is 11.3 Å². The molecule has 4 aromatic heterocycles. The van der Waals surface area contributed by atoms with E-state index in [4.69, 9.17) is 0 Å². The van der Waals surface area contributed by atoms with Gasteiger partial charge in [-0.1, -0.05) is 11.3 Å². The van der Waals surface area contributed by atoms with Crippen molar-refractivity contribution in [2.75, 3.05) is 10.6 Å². The number of H-pyrrole nitrogens is 1. The number of pyridine rings is 2. The van der Waals surface area contributed by atoms with Crippen LogP contribution in [0, 0.1) is 13.8 Å². The average Bonchev–Trinajstić information content (AvgIpc) is 3.20. The van der Waals surface area contributed by atoms with Crippen molar-refractivity contribution >= 4 is 44.7 Å². The van der Waals surface area contributed by atoms with Gasteiger partial charge in [-0.05, 0) is 31.5 Å². The van der Waals surface area contributed by atoms with E-state index in [1.165, 1.54) is 11.3 Å². The molecule has 0 aliphatic rings. The molecular weight excluding hydrogens is 324 g/mol. The van der Waals surface area contributed by atoms with Gasteiger partial charge >= 0.3 is 0 Å². The Morgan fingerprint density at radius 2 is 1.92 bits per heavy atom. The number of fused-ring (bicyclic) bond motifs is 1. The molecule has 0 aromatic carbocycles. The summed E-state index contributed by atoms with van der Waals surface area (Å²) in [6.45, 7) is 3.91. The number of hydrogen-bond donors (Lipinski definition) is 3. The molecule has 24 heavy (non-hydrogen) atoms. The zero-order chi connectivity index (χ0) is 16.5. The molecule has 120 valence electrons. The highest BCUT2D eigenvalue weighted by molar-refractivity contribution is 7.15. The molecule has 0 aliphatic carbocycles. The number of nitrogens with zero attached hydrogens (tertiary/aromatic N) is 5. The summed E-state index contributed by atoms with van der Waals surface area (Å²) in [5, 5.41) is 22.8. The molecule has 0 amide bonds. The first kappa shape index (κ1) is 14.5. The molecule has 4 aromatic rings. The molecule has 0 unspecified atom stereocenters. The van der Waals surface area contributed by atoms with Gasteiger partial charge in [-0.3, -0.25) is 10.1 Å². The quantitative estimate of drug-likeness (QED) is 0.524. The zero-order valence-corrected chi connectivity index (χ0v) is 13.8. The lowest BCUT2D eigenvalue weighted by atomic mass is 10.2. The maximum atomic E-state index is 4.67. The minimum Gasteiger partial charge on any atom is -0.352 e. The largest absolute Gasteiger partial charge is 0.352 e. The second-order valence-corrected chi connectivity index (χ2v) is 6.46. The minimum atomic E-state index is 0.725. The third-order valence-corrected chi connectivity index (χ3v) is 4.15. The lowest BCUT2D eigenvalue weighted by Gasteiger charge is -2.09. The first-order chi connectivity index (χ1) is 11.7. The van der Waals surface area contributed by atoms with Crippen LogP contribution in [0.5, 0.6) is 0 Å². The van der Waals surface area contributed by atoms with E-state index in [2.05, 4.69) is 41.0 Å². The number of aryl methyl sites for hydroxylation is 2. The molecule has 0 radical (unpaired) electrons. The van der Waals surface area contributed by atoms with Crippen LogP contribution in [0.3, 0.4) is 0 Å². The van der Waals surface area contributed by atoms with Crippen molar-refractivity contribution in [2.45, 2.75) is 13.8 Å². The summed E-state index contributed by atoms with van der Waals surface area (Å²) < 4.78 is 0. The summed E-state index contributed by atoms with van der Waals surface area (Å²) in [5.41, 5.74) is 4.34. The van der Waals surface area contributed by atoms with Crippen molar-refractivity contribution in [1.82, 2.24) is 30.4 Å². The Kier molecular flexibility index (Phi) is 3.54. The van der Waals surface area contributed by atoms with Gasteiger partial charge in [-0.15, -0.1) is 10.2 Å². The van der Waals surface area contributed by atoms with Crippen LogP contribution < -0.4 is 10.6 Å². The number of anilines is 4. The van der Waals surface area contributed by atoms with Crippen molar-refractivity contribution in [2.24, 2.45) is 0 Å². The molecule has 0 aliphatic heterocycles. The number of rotatable bonds is 4. The summed E-state index contributed by atoms with van der Waals surface area (Å²) in [7, 11) is 0. The van der Waals surface area contributed by atoms with Gasteiger partial charge in [0.2, 0.25) is 5.13 Å². The predicted octanol–water partition coefficient (Wildman–Crippen LogP) is 3.31. The van der Waals surface area contributed by atoms with Gasteiger partial charge in [0.05, 0.1) is 34.8 Å². The molecule has 0 saturated carbocycles. The smallest absolute Gasteiger partial charge is 0.211 e. The van der Waals surface area contributed by atoms with Crippen LogP contribution in [0.1, 0.15) is 10.6 Å². The molecule has 0 spiro atoms. The van der Waals surface area contributed by atoms with E-state index in [1.807, 2.05) is 26.0 Å². The Morgan fingerprint density at radius 3 is 2.67 bits per heavy atom. The molecule has 3 N–H and O–H groups in total. The van der Waals surface area contributed by atoms with Gasteiger partial charge in [0.25, 0.3) is 0 Å². The van der Waals surface area contributed by atoms with E-state index in [-0.39, 0.29) is 0 Å². The molecule has 4 rings (SSSR count). The van der Waals surface area contributed by atoms with Crippen LogP contribution in [0.2, 0.25) is 0 Å². The van der Waals surface area contributed by atoms with Crippen LogP contribution in [0.15, 0.2) is 30.7 Å². The fourth-order valence-corrected chi connectivity index (χ4v) is 2.87. The SMILES string of the molecule is Cc1nnc(Nc2nc3cc(Nc4cn[nH]c4)cnc3cc2C)s1. The molecule has 0 saturated heterocycles. The summed E-state index contributed by atoms with van der Waals surface area (Å²) >= 11 is 1.49. The topological polar surface area (TPSA) is 104 Å². The number of aromatic amines is 1. The Morgan fingerprint density at radius 1 is 1.00 bits per heavy atom. The lowest BCUT2D eigenvalue weighted by molar-refractivity contribution is 1.05. The summed E-state index contributed by atoms with van der Waals surface area (Å²) in [6, 6.07) is 3.95. The first-order valence-corrected chi connectivity index (χ1v) is 8.09. The average molecular weight is 338 g/mol. The number of hydrogen-bond acceptors (Lipinski definition) is 8. The maximum Gasteiger partial charge on any atom is 0.211 e.